The van der Waals surface area contributed by atoms with Crippen molar-refractivity contribution < 1.29 is 0 Å². The van der Waals surface area contributed by atoms with Gasteiger partial charge in [0.1, 0.15) is 0 Å². The molecule has 1 spiro atoms. The number of nitrogens with zero attached hydrogens (tertiary/aromatic N) is 1. The third-order valence-electron chi connectivity index (χ3n) is 14.9. The summed E-state index contributed by atoms with van der Waals surface area (Å²) >= 11 is 0. The number of fused-ring (bicyclic) bond motifs is 11. The number of hydrogen-bond acceptors (Lipinski definition) is 1. The summed E-state index contributed by atoms with van der Waals surface area (Å²) < 4.78 is 0. The minimum atomic E-state index is -0.329. The Morgan fingerprint density at radius 2 is 1.06 bits per heavy atom. The summed E-state index contributed by atoms with van der Waals surface area (Å²) in [6.45, 7) is 0. The van der Waals surface area contributed by atoms with Gasteiger partial charge in [-0.2, -0.15) is 0 Å². The van der Waals surface area contributed by atoms with E-state index in [1.807, 2.05) is 0 Å². The first kappa shape index (κ1) is 38.5. The van der Waals surface area contributed by atoms with Crippen LogP contribution in [0.1, 0.15) is 51.6 Å². The maximum Gasteiger partial charge on any atom is 0.0538 e. The summed E-state index contributed by atoms with van der Waals surface area (Å²) in [5, 5.41) is 2.51. The van der Waals surface area contributed by atoms with Crippen molar-refractivity contribution in [3.63, 3.8) is 0 Å². The molecule has 0 heterocycles. The van der Waals surface area contributed by atoms with Crippen LogP contribution in [0.15, 0.2) is 255 Å². The molecule has 0 aliphatic heterocycles. The quantitative estimate of drug-likeness (QED) is 0.155. The van der Waals surface area contributed by atoms with E-state index in [2.05, 4.69) is 260 Å². The molecule has 312 valence electrons. The smallest absolute Gasteiger partial charge is 0.0538 e. The van der Waals surface area contributed by atoms with Crippen molar-refractivity contribution in [3.8, 4) is 33.4 Å². The largest absolute Gasteiger partial charge is 0.310 e. The fourth-order valence-electron chi connectivity index (χ4n) is 12.0. The van der Waals surface area contributed by atoms with Gasteiger partial charge in [0.15, 0.2) is 0 Å². The molecule has 0 bridgehead atoms. The van der Waals surface area contributed by atoms with Crippen molar-refractivity contribution in [1.29, 1.82) is 0 Å². The molecule has 0 N–H and O–H groups in total. The third kappa shape index (κ3) is 6.00. The highest BCUT2D eigenvalue weighted by molar-refractivity contribution is 5.97. The Bertz CT molecular complexity index is 3460. The highest BCUT2D eigenvalue weighted by atomic mass is 15.1. The van der Waals surface area contributed by atoms with Crippen LogP contribution in [-0.2, 0) is 5.41 Å². The van der Waals surface area contributed by atoms with Gasteiger partial charge in [0.2, 0.25) is 0 Å². The Labute approximate surface area is 387 Å². The zero-order chi connectivity index (χ0) is 43.6. The van der Waals surface area contributed by atoms with Gasteiger partial charge in [-0.05, 0) is 126 Å². The van der Waals surface area contributed by atoms with Crippen LogP contribution in [0.4, 0.5) is 17.1 Å². The van der Waals surface area contributed by atoms with E-state index < -0.39 is 0 Å². The van der Waals surface area contributed by atoms with E-state index >= 15 is 0 Å². The molecule has 4 aliphatic rings. The number of rotatable bonds is 7. The summed E-state index contributed by atoms with van der Waals surface area (Å²) in [5.74, 6) is 0.793. The third-order valence-corrected chi connectivity index (χ3v) is 14.9. The van der Waals surface area contributed by atoms with Crippen molar-refractivity contribution in [1.82, 2.24) is 0 Å². The first-order valence-corrected chi connectivity index (χ1v) is 23.4. The van der Waals surface area contributed by atoms with Crippen LogP contribution in [0.2, 0.25) is 0 Å². The van der Waals surface area contributed by atoms with Crippen molar-refractivity contribution >= 4 is 33.4 Å². The molecule has 9 aromatic rings. The molecular formula is C65H47N. The van der Waals surface area contributed by atoms with Crippen molar-refractivity contribution in [2.75, 3.05) is 4.90 Å². The predicted molar refractivity (Wildman–Crippen MR) is 277 cm³/mol. The van der Waals surface area contributed by atoms with E-state index in [1.165, 1.54) is 83.1 Å². The van der Waals surface area contributed by atoms with Crippen molar-refractivity contribution in [2.45, 2.75) is 23.7 Å². The Morgan fingerprint density at radius 3 is 1.92 bits per heavy atom. The lowest BCUT2D eigenvalue weighted by molar-refractivity contribution is 0.465. The fourth-order valence-corrected chi connectivity index (χ4v) is 12.0. The highest BCUT2D eigenvalue weighted by Gasteiger charge is 2.57. The Hall–Kier alpha value is -8.00. The van der Waals surface area contributed by atoms with Crippen LogP contribution < -0.4 is 4.90 Å². The van der Waals surface area contributed by atoms with Crippen molar-refractivity contribution in [2.24, 2.45) is 5.92 Å². The first-order chi connectivity index (χ1) is 32.7. The molecule has 0 radical (unpaired) electrons. The second-order valence-electron chi connectivity index (χ2n) is 18.3. The van der Waals surface area contributed by atoms with E-state index in [0.29, 0.717) is 5.92 Å². The zero-order valence-electron chi connectivity index (χ0n) is 36.6. The van der Waals surface area contributed by atoms with Gasteiger partial charge in [-0.1, -0.05) is 218 Å². The molecule has 4 unspecified atom stereocenters. The van der Waals surface area contributed by atoms with Crippen LogP contribution >= 0.6 is 0 Å². The van der Waals surface area contributed by atoms with Gasteiger partial charge in [-0.25, -0.2) is 0 Å². The maximum absolute atomic E-state index is 2.54. The maximum atomic E-state index is 2.54. The average molecular weight is 842 g/mol. The summed E-state index contributed by atoms with van der Waals surface area (Å²) in [7, 11) is 0. The minimum absolute atomic E-state index is 0.231. The Balaban J connectivity index is 1.01. The van der Waals surface area contributed by atoms with Crippen molar-refractivity contribution in [3.05, 3.63) is 288 Å². The Kier molecular flexibility index (Phi) is 9.10. The molecule has 1 nitrogen and oxygen atoms in total. The molecule has 4 aliphatic carbocycles. The number of anilines is 3. The fraction of sp³-hybridized carbons (Fsp3) is 0.0769. The zero-order valence-corrected chi connectivity index (χ0v) is 36.6. The van der Waals surface area contributed by atoms with E-state index in [9.17, 15) is 0 Å². The molecule has 1 heteroatoms. The summed E-state index contributed by atoms with van der Waals surface area (Å²) in [5.41, 5.74) is 20.2. The summed E-state index contributed by atoms with van der Waals surface area (Å²) in [6, 6.07) is 79.3. The predicted octanol–water partition coefficient (Wildman–Crippen LogP) is 16.9. The van der Waals surface area contributed by atoms with Gasteiger partial charge in [-0.3, -0.25) is 0 Å². The SMILES string of the molecule is C1=CC2c3ccccc3C3(c4ccccc4-c4ccc(N(c5ccc(-c6cccc7ccccc67)cc5)c5ccc(C6C=C(c7ccccc7)C=CC6)c(-c6ccccc6)c5)cc43)C2C=C1. The van der Waals surface area contributed by atoms with Crippen LogP contribution in [0.5, 0.6) is 0 Å². The highest BCUT2D eigenvalue weighted by Crippen LogP contribution is 2.65. The number of benzene rings is 9. The van der Waals surface area contributed by atoms with Gasteiger partial charge in [0.25, 0.3) is 0 Å². The van der Waals surface area contributed by atoms with Gasteiger partial charge in [-0.15, -0.1) is 0 Å². The molecule has 0 aromatic heterocycles. The van der Waals surface area contributed by atoms with Gasteiger partial charge in [0, 0.05) is 34.8 Å². The molecular weight excluding hydrogens is 795 g/mol. The van der Waals surface area contributed by atoms with E-state index in [4.69, 9.17) is 0 Å². The standard InChI is InChI=1S/C65H47N/c1-3-17-44(18-4-1)48-23-15-24-49(41-48)55-39-37-51(42-60(55)46-19-5-2-6-20-46)66(50-35-33-47(34-36-50)54-29-16-22-45-21-7-8-25-53(45)54)52-38-40-59-58-28-11-14-32-63(58)65(64(59)43-52)61-30-12-9-26-56(61)57-27-10-13-31-62(57)65/h1-23,25-43,49,56,61H,24H2. The van der Waals surface area contributed by atoms with E-state index in [0.717, 1.165) is 23.5 Å². The van der Waals surface area contributed by atoms with Gasteiger partial charge < -0.3 is 4.90 Å². The first-order valence-electron chi connectivity index (χ1n) is 23.4. The molecule has 13 rings (SSSR count). The lowest BCUT2D eigenvalue weighted by atomic mass is 9.65. The molecule has 0 saturated heterocycles. The molecule has 4 atom stereocenters. The van der Waals surface area contributed by atoms with Crippen LogP contribution in [-0.4, -0.2) is 0 Å². The second kappa shape index (κ2) is 15.6. The van der Waals surface area contributed by atoms with Crippen LogP contribution in [0, 0.1) is 5.92 Å². The summed E-state index contributed by atoms with van der Waals surface area (Å²) in [6.07, 6.45) is 17.5. The molecule has 66 heavy (non-hydrogen) atoms. The van der Waals surface area contributed by atoms with Gasteiger partial charge in [0.05, 0.1) is 5.41 Å². The normalized spacial score (nSPS) is 19.6. The number of allylic oxidation sites excluding steroid dienone is 8. The van der Waals surface area contributed by atoms with Crippen LogP contribution in [0.25, 0.3) is 49.7 Å². The molecule has 0 fully saturated rings. The van der Waals surface area contributed by atoms with E-state index in [1.54, 1.807) is 0 Å². The second-order valence-corrected chi connectivity index (χ2v) is 18.3. The van der Waals surface area contributed by atoms with Gasteiger partial charge >= 0.3 is 0 Å². The van der Waals surface area contributed by atoms with Crippen LogP contribution in [0.3, 0.4) is 0 Å². The average Bonchev–Trinajstić information content (AvgIpc) is 3.86. The molecule has 9 aromatic carbocycles. The van der Waals surface area contributed by atoms with E-state index in [-0.39, 0.29) is 17.3 Å². The molecule has 0 amide bonds. The summed E-state index contributed by atoms with van der Waals surface area (Å²) in [4.78, 5) is 2.50. The topological polar surface area (TPSA) is 3.24 Å². The number of hydrogen-bond donors (Lipinski definition) is 0. The minimum Gasteiger partial charge on any atom is -0.310 e. The Morgan fingerprint density at radius 1 is 0.424 bits per heavy atom. The molecule has 0 saturated carbocycles. The lowest BCUT2D eigenvalue weighted by Gasteiger charge is -2.37. The monoisotopic (exact) mass is 841 g/mol. The lowest BCUT2D eigenvalue weighted by Crippen LogP contribution is -2.33.